The van der Waals surface area contributed by atoms with E-state index in [4.69, 9.17) is 5.73 Å². The van der Waals surface area contributed by atoms with Gasteiger partial charge in [-0.3, -0.25) is 0 Å². The first-order valence-corrected chi connectivity index (χ1v) is 8.39. The predicted octanol–water partition coefficient (Wildman–Crippen LogP) is 0.622. The molecule has 0 saturated heterocycles. The van der Waals surface area contributed by atoms with Crippen molar-refractivity contribution in [2.45, 2.75) is 30.9 Å². The van der Waals surface area contributed by atoms with Crippen molar-refractivity contribution in [2.75, 3.05) is 25.9 Å². The van der Waals surface area contributed by atoms with Gasteiger partial charge < -0.3 is 15.7 Å². The molecule has 1 aromatic carbocycles. The summed E-state index contributed by atoms with van der Waals surface area (Å²) >= 11 is 0. The van der Waals surface area contributed by atoms with Crippen LogP contribution in [0, 0.1) is 0 Å². The second-order valence-electron chi connectivity index (χ2n) is 5.11. The zero-order chi connectivity index (χ0) is 15.2. The lowest BCUT2D eigenvalue weighted by Gasteiger charge is -2.17. The maximum Gasteiger partial charge on any atom is 0.179 e. The van der Waals surface area contributed by atoms with Gasteiger partial charge in [-0.1, -0.05) is 12.1 Å². The van der Waals surface area contributed by atoms with Crippen LogP contribution in [0.1, 0.15) is 18.9 Å². The molecule has 1 unspecified atom stereocenters. The van der Waals surface area contributed by atoms with Gasteiger partial charge in [-0.05, 0) is 38.1 Å². The molecule has 0 saturated carbocycles. The van der Waals surface area contributed by atoms with E-state index in [1.807, 2.05) is 18.0 Å². The van der Waals surface area contributed by atoms with Crippen LogP contribution in [-0.4, -0.2) is 50.4 Å². The molecule has 1 aromatic rings. The summed E-state index contributed by atoms with van der Waals surface area (Å²) in [6.45, 7) is 3.18. The summed E-state index contributed by atoms with van der Waals surface area (Å²) < 4.78 is 24.5. The molecule has 0 aliphatic heterocycles. The van der Waals surface area contributed by atoms with E-state index in [9.17, 15) is 13.5 Å². The van der Waals surface area contributed by atoms with Crippen molar-refractivity contribution < 1.29 is 13.5 Å². The average molecular weight is 300 g/mol. The van der Waals surface area contributed by atoms with Crippen molar-refractivity contribution in [3.8, 4) is 0 Å². The first kappa shape index (κ1) is 17.1. The number of aliphatic hydroxyl groups is 1. The Morgan fingerprint density at radius 1 is 1.35 bits per heavy atom. The molecule has 5 nitrogen and oxygen atoms in total. The van der Waals surface area contributed by atoms with Crippen LogP contribution in [0.15, 0.2) is 29.2 Å². The van der Waals surface area contributed by atoms with Crippen molar-refractivity contribution in [2.24, 2.45) is 5.73 Å². The van der Waals surface area contributed by atoms with E-state index in [1.165, 1.54) is 0 Å². The molecule has 0 aliphatic carbocycles. The molecule has 0 aliphatic rings. The highest BCUT2D eigenvalue weighted by atomic mass is 32.2. The Morgan fingerprint density at radius 2 is 2.05 bits per heavy atom. The highest BCUT2D eigenvalue weighted by Crippen LogP contribution is 2.13. The zero-order valence-corrected chi connectivity index (χ0v) is 12.9. The zero-order valence-electron chi connectivity index (χ0n) is 12.1. The Labute approximate surface area is 121 Å². The third kappa shape index (κ3) is 5.58. The van der Waals surface area contributed by atoms with E-state index in [0.29, 0.717) is 31.0 Å². The molecule has 6 heteroatoms. The lowest BCUT2D eigenvalue weighted by Crippen LogP contribution is -2.28. The summed E-state index contributed by atoms with van der Waals surface area (Å²) in [7, 11) is -1.43. The molecular weight excluding hydrogens is 276 g/mol. The van der Waals surface area contributed by atoms with Crippen LogP contribution in [0.5, 0.6) is 0 Å². The lowest BCUT2D eigenvalue weighted by molar-refractivity contribution is 0.166. The minimum Gasteiger partial charge on any atom is -0.393 e. The quantitative estimate of drug-likeness (QED) is 0.735. The molecule has 0 amide bonds. The average Bonchev–Trinajstić information content (AvgIpc) is 2.43. The first-order valence-electron chi connectivity index (χ1n) is 6.73. The summed E-state index contributed by atoms with van der Waals surface area (Å²) in [6, 6.07) is 6.76. The van der Waals surface area contributed by atoms with Crippen LogP contribution < -0.4 is 5.73 Å². The Morgan fingerprint density at radius 3 is 2.65 bits per heavy atom. The van der Waals surface area contributed by atoms with E-state index in [-0.39, 0.29) is 11.9 Å². The highest BCUT2D eigenvalue weighted by molar-refractivity contribution is 7.91. The number of hydrogen-bond donors (Lipinski definition) is 2. The van der Waals surface area contributed by atoms with Crippen molar-refractivity contribution in [3.63, 3.8) is 0 Å². The van der Waals surface area contributed by atoms with Crippen LogP contribution in [0.3, 0.4) is 0 Å². The SMILES string of the molecule is CC(O)CCN(C)CCS(=O)(=O)c1cccc(CN)c1. The van der Waals surface area contributed by atoms with Crippen LogP contribution in [-0.2, 0) is 16.4 Å². The van der Waals surface area contributed by atoms with Crippen LogP contribution >= 0.6 is 0 Å². The maximum absolute atomic E-state index is 12.2. The monoisotopic (exact) mass is 300 g/mol. The van der Waals surface area contributed by atoms with E-state index in [0.717, 1.165) is 5.56 Å². The molecule has 114 valence electrons. The van der Waals surface area contributed by atoms with Crippen LogP contribution in [0.25, 0.3) is 0 Å². The van der Waals surface area contributed by atoms with Gasteiger partial charge in [0.2, 0.25) is 0 Å². The summed E-state index contributed by atoms with van der Waals surface area (Å²) in [4.78, 5) is 2.24. The van der Waals surface area contributed by atoms with Gasteiger partial charge in [-0.2, -0.15) is 0 Å². The minimum atomic E-state index is -3.29. The van der Waals surface area contributed by atoms with Gasteiger partial charge in [-0.15, -0.1) is 0 Å². The molecule has 0 heterocycles. The van der Waals surface area contributed by atoms with Gasteiger partial charge in [0.1, 0.15) is 0 Å². The molecule has 0 aromatic heterocycles. The fourth-order valence-electron chi connectivity index (χ4n) is 1.78. The Kier molecular flexibility index (Phi) is 6.61. The fraction of sp³-hybridized carbons (Fsp3) is 0.571. The van der Waals surface area contributed by atoms with E-state index in [1.54, 1.807) is 25.1 Å². The van der Waals surface area contributed by atoms with Crippen LogP contribution in [0.2, 0.25) is 0 Å². The normalized spacial score (nSPS) is 13.7. The molecule has 20 heavy (non-hydrogen) atoms. The number of hydrogen-bond acceptors (Lipinski definition) is 5. The number of rotatable bonds is 8. The molecule has 0 fully saturated rings. The van der Waals surface area contributed by atoms with E-state index < -0.39 is 9.84 Å². The number of sulfone groups is 1. The maximum atomic E-state index is 12.2. The van der Waals surface area contributed by atoms with Gasteiger partial charge in [0.15, 0.2) is 9.84 Å². The number of aliphatic hydroxyl groups excluding tert-OH is 1. The van der Waals surface area contributed by atoms with Gasteiger partial charge >= 0.3 is 0 Å². The standard InChI is InChI=1S/C14H24N2O3S/c1-12(17)6-7-16(2)8-9-20(18,19)14-5-3-4-13(10-14)11-15/h3-5,10,12,17H,6-9,11,15H2,1-2H3. The summed E-state index contributed by atoms with van der Waals surface area (Å²) in [6.07, 6.45) is 0.273. The van der Waals surface area contributed by atoms with Crippen molar-refractivity contribution in [1.82, 2.24) is 4.90 Å². The molecule has 0 radical (unpaired) electrons. The summed E-state index contributed by atoms with van der Waals surface area (Å²) in [5.74, 6) is 0.0668. The van der Waals surface area contributed by atoms with Crippen molar-refractivity contribution >= 4 is 9.84 Å². The second-order valence-corrected chi connectivity index (χ2v) is 7.22. The summed E-state index contributed by atoms with van der Waals surface area (Å²) in [5, 5.41) is 9.21. The first-order chi connectivity index (χ1) is 9.35. The minimum absolute atomic E-state index is 0.0668. The Hall–Kier alpha value is -0.950. The molecule has 3 N–H and O–H groups in total. The third-order valence-electron chi connectivity index (χ3n) is 3.16. The number of nitrogens with zero attached hydrogens (tertiary/aromatic N) is 1. The second kappa shape index (κ2) is 7.73. The topological polar surface area (TPSA) is 83.6 Å². The van der Waals surface area contributed by atoms with E-state index in [2.05, 4.69) is 0 Å². The number of nitrogens with two attached hydrogens (primary N) is 1. The van der Waals surface area contributed by atoms with E-state index >= 15 is 0 Å². The number of benzene rings is 1. The lowest BCUT2D eigenvalue weighted by atomic mass is 10.2. The van der Waals surface area contributed by atoms with Crippen molar-refractivity contribution in [3.05, 3.63) is 29.8 Å². The highest BCUT2D eigenvalue weighted by Gasteiger charge is 2.15. The third-order valence-corrected chi connectivity index (χ3v) is 4.86. The molecule has 0 spiro atoms. The molecule has 1 rings (SSSR count). The Balaban J connectivity index is 2.61. The van der Waals surface area contributed by atoms with Gasteiger partial charge in [0, 0.05) is 19.6 Å². The van der Waals surface area contributed by atoms with Crippen LogP contribution in [0.4, 0.5) is 0 Å². The smallest absolute Gasteiger partial charge is 0.179 e. The van der Waals surface area contributed by atoms with Gasteiger partial charge in [0.05, 0.1) is 16.8 Å². The molecular formula is C14H24N2O3S. The molecule has 1 atom stereocenters. The summed E-state index contributed by atoms with van der Waals surface area (Å²) in [5.41, 5.74) is 6.34. The molecule has 0 bridgehead atoms. The van der Waals surface area contributed by atoms with Gasteiger partial charge in [0.25, 0.3) is 0 Å². The largest absolute Gasteiger partial charge is 0.393 e. The van der Waals surface area contributed by atoms with Crippen molar-refractivity contribution in [1.29, 1.82) is 0 Å². The predicted molar refractivity (Wildman–Crippen MR) is 80.2 cm³/mol. The van der Waals surface area contributed by atoms with Gasteiger partial charge in [-0.25, -0.2) is 8.42 Å². The Bertz CT molecular complexity index is 515. The fourth-order valence-corrected chi connectivity index (χ4v) is 3.18.